The molecule has 2 aliphatic carbocycles. The molecule has 4 unspecified atom stereocenters. The average Bonchev–Trinajstić information content (AvgIpc) is 3.11. The summed E-state index contributed by atoms with van der Waals surface area (Å²) in [6, 6.07) is 4.09. The molecule has 1 saturated heterocycles. The van der Waals surface area contributed by atoms with Crippen molar-refractivity contribution in [2.24, 2.45) is 5.92 Å². The van der Waals surface area contributed by atoms with E-state index in [2.05, 4.69) is 23.2 Å². The molecule has 1 N–H and O–H groups in total. The van der Waals surface area contributed by atoms with Crippen molar-refractivity contribution >= 4 is 0 Å². The summed E-state index contributed by atoms with van der Waals surface area (Å²) in [6.07, 6.45) is 8.71. The molecule has 3 heteroatoms. The highest BCUT2D eigenvalue weighted by atomic mass is 15.2. The van der Waals surface area contributed by atoms with Crippen LogP contribution in [0.4, 0.5) is 0 Å². The zero-order chi connectivity index (χ0) is 12.6. The van der Waals surface area contributed by atoms with Crippen LogP contribution in [0.3, 0.4) is 0 Å². The van der Waals surface area contributed by atoms with Crippen LogP contribution in [-0.2, 0) is 0 Å². The molecular formula is C15H25N3. The second kappa shape index (κ2) is 4.83. The van der Waals surface area contributed by atoms with Crippen LogP contribution in [0.5, 0.6) is 0 Å². The van der Waals surface area contributed by atoms with Crippen LogP contribution in [-0.4, -0.2) is 35.6 Å². The molecule has 3 fully saturated rings. The number of piperidine rings is 1. The monoisotopic (exact) mass is 247 g/mol. The Morgan fingerprint density at radius 3 is 2.83 bits per heavy atom. The first kappa shape index (κ1) is 12.4. The molecule has 2 saturated carbocycles. The smallest absolute Gasteiger partial charge is 0.108 e. The molecule has 1 aliphatic heterocycles. The van der Waals surface area contributed by atoms with Crippen molar-refractivity contribution in [1.82, 2.24) is 10.2 Å². The highest BCUT2D eigenvalue weighted by Gasteiger charge is 2.47. The Labute approximate surface area is 111 Å². The van der Waals surface area contributed by atoms with E-state index in [1.54, 1.807) is 0 Å². The summed E-state index contributed by atoms with van der Waals surface area (Å²) in [5, 5.41) is 13.0. The Morgan fingerprint density at radius 2 is 2.22 bits per heavy atom. The van der Waals surface area contributed by atoms with Crippen LogP contribution < -0.4 is 5.32 Å². The van der Waals surface area contributed by atoms with Gasteiger partial charge in [0, 0.05) is 18.6 Å². The Hall–Kier alpha value is -0.590. The molecule has 0 aromatic rings. The predicted molar refractivity (Wildman–Crippen MR) is 72.1 cm³/mol. The maximum absolute atomic E-state index is 9.50. The fourth-order valence-corrected chi connectivity index (χ4v) is 4.38. The summed E-state index contributed by atoms with van der Waals surface area (Å²) in [5.41, 5.74) is -0.220. The van der Waals surface area contributed by atoms with E-state index in [-0.39, 0.29) is 5.54 Å². The Kier molecular flexibility index (Phi) is 3.34. The molecule has 18 heavy (non-hydrogen) atoms. The highest BCUT2D eigenvalue weighted by molar-refractivity contribution is 5.14. The van der Waals surface area contributed by atoms with Gasteiger partial charge in [-0.05, 0) is 57.4 Å². The predicted octanol–water partition coefficient (Wildman–Crippen LogP) is 2.29. The summed E-state index contributed by atoms with van der Waals surface area (Å²) in [6.45, 7) is 4.46. The number of nitriles is 1. The minimum Gasteiger partial charge on any atom is -0.299 e. The van der Waals surface area contributed by atoms with Crippen molar-refractivity contribution in [3.8, 4) is 6.07 Å². The third kappa shape index (κ3) is 2.06. The second-order valence-electron chi connectivity index (χ2n) is 6.55. The zero-order valence-electron chi connectivity index (χ0n) is 11.5. The molecule has 0 aromatic carbocycles. The van der Waals surface area contributed by atoms with Gasteiger partial charge in [-0.3, -0.25) is 10.2 Å². The van der Waals surface area contributed by atoms with Gasteiger partial charge in [-0.2, -0.15) is 5.26 Å². The lowest BCUT2D eigenvalue weighted by molar-refractivity contribution is 0.147. The molecule has 0 aromatic heterocycles. The quantitative estimate of drug-likeness (QED) is 0.828. The summed E-state index contributed by atoms with van der Waals surface area (Å²) in [4.78, 5) is 2.74. The normalized spacial score (nSPS) is 43.4. The lowest BCUT2D eigenvalue weighted by atomic mass is 9.98. The fraction of sp³-hybridized carbons (Fsp3) is 0.933. The van der Waals surface area contributed by atoms with Gasteiger partial charge < -0.3 is 0 Å². The highest BCUT2D eigenvalue weighted by Crippen LogP contribution is 2.43. The topological polar surface area (TPSA) is 39.1 Å². The van der Waals surface area contributed by atoms with Crippen LogP contribution in [0.15, 0.2) is 0 Å². The first-order valence-electron chi connectivity index (χ1n) is 7.68. The molecule has 4 atom stereocenters. The van der Waals surface area contributed by atoms with E-state index < -0.39 is 0 Å². The number of nitrogens with one attached hydrogen (secondary N) is 1. The van der Waals surface area contributed by atoms with Crippen molar-refractivity contribution in [2.75, 3.05) is 13.1 Å². The van der Waals surface area contributed by atoms with Crippen molar-refractivity contribution < 1.29 is 0 Å². The average molecular weight is 247 g/mol. The van der Waals surface area contributed by atoms with Gasteiger partial charge in [0.1, 0.15) is 5.54 Å². The van der Waals surface area contributed by atoms with Crippen LogP contribution in [0, 0.1) is 17.2 Å². The SMILES string of the molecule is CCCNC1(C#N)CCC(N2CC3CCC2C3)C1. The first-order valence-corrected chi connectivity index (χ1v) is 7.68. The molecular weight excluding hydrogens is 222 g/mol. The zero-order valence-corrected chi connectivity index (χ0v) is 11.5. The molecule has 3 nitrogen and oxygen atoms in total. The van der Waals surface area contributed by atoms with Gasteiger partial charge in [-0.15, -0.1) is 0 Å². The number of hydrogen-bond acceptors (Lipinski definition) is 3. The number of fused-ring (bicyclic) bond motifs is 2. The summed E-state index contributed by atoms with van der Waals surface area (Å²) in [5.74, 6) is 0.968. The minimum atomic E-state index is -0.220. The second-order valence-corrected chi connectivity index (χ2v) is 6.55. The Balaban J connectivity index is 1.62. The van der Waals surface area contributed by atoms with Gasteiger partial charge in [0.05, 0.1) is 6.07 Å². The molecule has 1 heterocycles. The molecule has 0 spiro atoms. The van der Waals surface area contributed by atoms with Crippen LogP contribution in [0.1, 0.15) is 51.9 Å². The molecule has 0 amide bonds. The number of hydrogen-bond donors (Lipinski definition) is 1. The van der Waals surface area contributed by atoms with Crippen LogP contribution >= 0.6 is 0 Å². The van der Waals surface area contributed by atoms with Gasteiger partial charge in [0.2, 0.25) is 0 Å². The van der Waals surface area contributed by atoms with E-state index in [0.717, 1.165) is 37.8 Å². The molecule has 3 aliphatic rings. The van der Waals surface area contributed by atoms with E-state index in [1.807, 2.05) is 0 Å². The molecule has 0 radical (unpaired) electrons. The molecule has 2 bridgehead atoms. The van der Waals surface area contributed by atoms with E-state index in [4.69, 9.17) is 0 Å². The number of rotatable bonds is 4. The first-order chi connectivity index (χ1) is 8.76. The third-order valence-electron chi connectivity index (χ3n) is 5.34. The maximum atomic E-state index is 9.50. The summed E-state index contributed by atoms with van der Waals surface area (Å²) < 4.78 is 0. The number of nitrogens with zero attached hydrogens (tertiary/aromatic N) is 2. The van der Waals surface area contributed by atoms with E-state index in [9.17, 15) is 5.26 Å². The lowest BCUT2D eigenvalue weighted by Crippen LogP contribution is -2.45. The van der Waals surface area contributed by atoms with Gasteiger partial charge in [-0.1, -0.05) is 6.92 Å². The summed E-state index contributed by atoms with van der Waals surface area (Å²) in [7, 11) is 0. The standard InChI is InChI=1S/C15H25N3/c1-2-7-17-15(11-16)6-5-14(9-15)18-10-12-3-4-13(18)8-12/h12-14,17H,2-10H2,1H3. The van der Waals surface area contributed by atoms with E-state index >= 15 is 0 Å². The van der Waals surface area contributed by atoms with Gasteiger partial charge in [-0.25, -0.2) is 0 Å². The van der Waals surface area contributed by atoms with Gasteiger partial charge >= 0.3 is 0 Å². The fourth-order valence-electron chi connectivity index (χ4n) is 4.38. The molecule has 3 rings (SSSR count). The lowest BCUT2D eigenvalue weighted by Gasteiger charge is -2.33. The minimum absolute atomic E-state index is 0.220. The van der Waals surface area contributed by atoms with Crippen molar-refractivity contribution in [3.63, 3.8) is 0 Å². The van der Waals surface area contributed by atoms with Gasteiger partial charge in [0.15, 0.2) is 0 Å². The van der Waals surface area contributed by atoms with Gasteiger partial charge in [0.25, 0.3) is 0 Å². The molecule has 100 valence electrons. The van der Waals surface area contributed by atoms with E-state index in [1.165, 1.54) is 32.2 Å². The van der Waals surface area contributed by atoms with Crippen molar-refractivity contribution in [2.45, 2.75) is 69.5 Å². The van der Waals surface area contributed by atoms with Crippen LogP contribution in [0.25, 0.3) is 0 Å². The Morgan fingerprint density at radius 1 is 1.33 bits per heavy atom. The largest absolute Gasteiger partial charge is 0.299 e. The van der Waals surface area contributed by atoms with Crippen LogP contribution in [0.2, 0.25) is 0 Å². The number of likely N-dealkylation sites (tertiary alicyclic amines) is 1. The van der Waals surface area contributed by atoms with E-state index in [0.29, 0.717) is 6.04 Å². The third-order valence-corrected chi connectivity index (χ3v) is 5.34. The maximum Gasteiger partial charge on any atom is 0.108 e. The Bertz CT molecular complexity index is 348. The van der Waals surface area contributed by atoms with Crippen molar-refractivity contribution in [3.05, 3.63) is 0 Å². The van der Waals surface area contributed by atoms with Crippen molar-refractivity contribution in [1.29, 1.82) is 5.26 Å². The summed E-state index contributed by atoms with van der Waals surface area (Å²) >= 11 is 0.